The molecule has 1 rings (SSSR count). The molecule has 1 N–H and O–H groups in total. The van der Waals surface area contributed by atoms with Crippen molar-refractivity contribution in [2.45, 2.75) is 33.2 Å². The summed E-state index contributed by atoms with van der Waals surface area (Å²) in [5, 5.41) is 8.74. The van der Waals surface area contributed by atoms with Gasteiger partial charge in [-0.1, -0.05) is 0 Å². The van der Waals surface area contributed by atoms with Gasteiger partial charge in [0.1, 0.15) is 0 Å². The van der Waals surface area contributed by atoms with E-state index in [1.807, 2.05) is 25.7 Å². The first-order chi connectivity index (χ1) is 8.54. The maximum absolute atomic E-state index is 10.6. The average molecular weight is 253 g/mol. The Balaban J connectivity index is 2.84. The highest BCUT2D eigenvalue weighted by Gasteiger charge is 2.14. The van der Waals surface area contributed by atoms with Crippen molar-refractivity contribution < 1.29 is 14.6 Å². The van der Waals surface area contributed by atoms with E-state index < -0.39 is 5.97 Å². The maximum Gasteiger partial charge on any atom is 0.305 e. The van der Waals surface area contributed by atoms with Crippen LogP contribution in [0.2, 0.25) is 0 Å². The van der Waals surface area contributed by atoms with E-state index >= 15 is 0 Å². The van der Waals surface area contributed by atoms with Crippen LogP contribution in [-0.2, 0) is 4.79 Å². The number of hydrogen-bond acceptors (Lipinski definition) is 5. The molecule has 0 radical (unpaired) electrons. The van der Waals surface area contributed by atoms with Crippen molar-refractivity contribution in [1.29, 1.82) is 0 Å². The van der Waals surface area contributed by atoms with Crippen molar-refractivity contribution >= 4 is 11.8 Å². The van der Waals surface area contributed by atoms with Crippen molar-refractivity contribution in [1.82, 2.24) is 9.97 Å². The first-order valence-electron chi connectivity index (χ1n) is 5.97. The molecule has 0 atom stereocenters. The van der Waals surface area contributed by atoms with E-state index in [4.69, 9.17) is 9.84 Å². The molecular formula is C12H19N3O3. The lowest BCUT2D eigenvalue weighted by atomic mass is 10.3. The molecule has 6 nitrogen and oxygen atoms in total. The monoisotopic (exact) mass is 253 g/mol. The number of carboxylic acids is 1. The fourth-order valence-corrected chi connectivity index (χ4v) is 1.55. The average Bonchev–Trinajstić information content (AvgIpc) is 2.29. The Hall–Kier alpha value is -1.85. The number of rotatable bonds is 7. The van der Waals surface area contributed by atoms with Crippen molar-refractivity contribution in [2.24, 2.45) is 0 Å². The summed E-state index contributed by atoms with van der Waals surface area (Å²) in [5.41, 5.74) is 0. The largest absolute Gasteiger partial charge is 0.481 e. The molecule has 0 aliphatic carbocycles. The number of aromatic nitrogens is 2. The molecule has 1 heterocycles. The summed E-state index contributed by atoms with van der Waals surface area (Å²) in [6, 6.07) is 0.149. The van der Waals surface area contributed by atoms with E-state index in [1.54, 1.807) is 12.4 Å². The van der Waals surface area contributed by atoms with Gasteiger partial charge in [0.25, 0.3) is 0 Å². The van der Waals surface area contributed by atoms with Gasteiger partial charge < -0.3 is 14.7 Å². The van der Waals surface area contributed by atoms with Crippen LogP contribution in [0.5, 0.6) is 5.88 Å². The Labute approximate surface area is 107 Å². The van der Waals surface area contributed by atoms with Crippen LogP contribution in [0, 0.1) is 0 Å². The molecule has 1 aromatic heterocycles. The molecular weight excluding hydrogens is 234 g/mol. The molecule has 0 fully saturated rings. The molecule has 0 saturated carbocycles. The minimum Gasteiger partial charge on any atom is -0.481 e. The summed E-state index contributed by atoms with van der Waals surface area (Å²) in [7, 11) is 0. The van der Waals surface area contributed by atoms with E-state index in [0.717, 1.165) is 0 Å². The van der Waals surface area contributed by atoms with Gasteiger partial charge in [-0.2, -0.15) is 4.98 Å². The number of nitrogens with zero attached hydrogens (tertiary/aromatic N) is 3. The first kappa shape index (κ1) is 14.2. The fraction of sp³-hybridized carbons (Fsp3) is 0.583. The number of hydrogen-bond donors (Lipinski definition) is 1. The zero-order valence-electron chi connectivity index (χ0n) is 11.0. The van der Waals surface area contributed by atoms with Gasteiger partial charge in [0.05, 0.1) is 25.4 Å². The van der Waals surface area contributed by atoms with Crippen LogP contribution >= 0.6 is 0 Å². The Morgan fingerprint density at radius 1 is 1.50 bits per heavy atom. The number of carboxylic acid groups (broad SMARTS) is 1. The molecule has 0 spiro atoms. The lowest BCUT2D eigenvalue weighted by Crippen LogP contribution is -2.33. The molecule has 100 valence electrons. The molecule has 6 heteroatoms. The summed E-state index contributed by atoms with van der Waals surface area (Å²) in [4.78, 5) is 20.9. The van der Waals surface area contributed by atoms with Crippen molar-refractivity contribution in [2.75, 3.05) is 18.1 Å². The fourth-order valence-electron chi connectivity index (χ4n) is 1.55. The van der Waals surface area contributed by atoms with E-state index in [9.17, 15) is 4.79 Å². The topological polar surface area (TPSA) is 75.5 Å². The molecule has 0 aromatic carbocycles. The van der Waals surface area contributed by atoms with Gasteiger partial charge >= 0.3 is 5.97 Å². The highest BCUT2D eigenvalue weighted by Crippen LogP contribution is 2.16. The summed E-state index contributed by atoms with van der Waals surface area (Å²) in [6.45, 7) is 6.76. The van der Waals surface area contributed by atoms with Crippen LogP contribution in [-0.4, -0.2) is 40.2 Å². The molecule has 0 bridgehead atoms. The van der Waals surface area contributed by atoms with Crippen molar-refractivity contribution in [3.63, 3.8) is 0 Å². The van der Waals surface area contributed by atoms with E-state index in [0.29, 0.717) is 24.8 Å². The molecule has 1 aromatic rings. The second-order valence-corrected chi connectivity index (χ2v) is 4.08. The van der Waals surface area contributed by atoms with Gasteiger partial charge in [0, 0.05) is 12.6 Å². The second-order valence-electron chi connectivity index (χ2n) is 4.08. The summed E-state index contributed by atoms with van der Waals surface area (Å²) in [6.07, 6.45) is 3.23. The highest BCUT2D eigenvalue weighted by molar-refractivity contribution is 5.67. The molecule has 0 aliphatic heterocycles. The van der Waals surface area contributed by atoms with E-state index in [2.05, 4.69) is 9.97 Å². The SMILES string of the molecule is CCOc1cncc(N(CCC(=O)O)C(C)C)n1. The predicted octanol–water partition coefficient (Wildman–Crippen LogP) is 1.56. The first-order valence-corrected chi connectivity index (χ1v) is 5.97. The number of carbonyl (C=O) groups is 1. The van der Waals surface area contributed by atoms with Gasteiger partial charge in [0.15, 0.2) is 5.82 Å². The van der Waals surface area contributed by atoms with Crippen molar-refractivity contribution in [3.8, 4) is 5.88 Å². The van der Waals surface area contributed by atoms with Crippen molar-refractivity contribution in [3.05, 3.63) is 12.4 Å². The molecule has 18 heavy (non-hydrogen) atoms. The number of anilines is 1. The van der Waals surface area contributed by atoms with Gasteiger partial charge in [-0.3, -0.25) is 9.78 Å². The zero-order valence-corrected chi connectivity index (χ0v) is 11.0. The molecule has 0 amide bonds. The third-order valence-corrected chi connectivity index (χ3v) is 2.38. The van der Waals surface area contributed by atoms with Crippen LogP contribution in [0.4, 0.5) is 5.82 Å². The van der Waals surface area contributed by atoms with Crippen LogP contribution in [0.3, 0.4) is 0 Å². The normalized spacial score (nSPS) is 10.4. The van der Waals surface area contributed by atoms with Crippen LogP contribution in [0.1, 0.15) is 27.2 Å². The lowest BCUT2D eigenvalue weighted by molar-refractivity contribution is -0.136. The Morgan fingerprint density at radius 2 is 2.22 bits per heavy atom. The Morgan fingerprint density at radius 3 is 2.78 bits per heavy atom. The molecule has 0 aliphatic rings. The second kappa shape index (κ2) is 6.78. The third kappa shape index (κ3) is 4.20. The number of aliphatic carboxylic acids is 1. The van der Waals surface area contributed by atoms with Gasteiger partial charge in [-0.15, -0.1) is 0 Å². The van der Waals surface area contributed by atoms with Crippen LogP contribution < -0.4 is 9.64 Å². The minimum absolute atomic E-state index is 0.0682. The number of ether oxygens (including phenoxy) is 1. The third-order valence-electron chi connectivity index (χ3n) is 2.38. The van der Waals surface area contributed by atoms with Gasteiger partial charge in [0.2, 0.25) is 5.88 Å². The van der Waals surface area contributed by atoms with Crippen LogP contribution in [0.15, 0.2) is 12.4 Å². The maximum atomic E-state index is 10.6. The summed E-state index contributed by atoms with van der Waals surface area (Å²) < 4.78 is 5.29. The lowest BCUT2D eigenvalue weighted by Gasteiger charge is -2.27. The molecule has 0 unspecified atom stereocenters. The Kier molecular flexibility index (Phi) is 5.35. The zero-order chi connectivity index (χ0) is 13.5. The smallest absolute Gasteiger partial charge is 0.305 e. The summed E-state index contributed by atoms with van der Waals surface area (Å²) in [5.74, 6) is 0.266. The quantitative estimate of drug-likeness (QED) is 0.794. The van der Waals surface area contributed by atoms with E-state index in [-0.39, 0.29) is 12.5 Å². The van der Waals surface area contributed by atoms with Gasteiger partial charge in [-0.05, 0) is 20.8 Å². The standard InChI is InChI=1S/C12H19N3O3/c1-4-18-11-8-13-7-10(14-11)15(9(2)3)6-5-12(16)17/h7-9H,4-6H2,1-3H3,(H,16,17). The molecule has 0 saturated heterocycles. The van der Waals surface area contributed by atoms with Gasteiger partial charge in [-0.25, -0.2) is 0 Å². The highest BCUT2D eigenvalue weighted by atomic mass is 16.5. The van der Waals surface area contributed by atoms with E-state index in [1.165, 1.54) is 0 Å². The predicted molar refractivity (Wildman–Crippen MR) is 67.9 cm³/mol. The Bertz CT molecular complexity index is 396. The van der Waals surface area contributed by atoms with Crippen LogP contribution in [0.25, 0.3) is 0 Å². The summed E-state index contributed by atoms with van der Waals surface area (Å²) >= 11 is 0. The minimum atomic E-state index is -0.824.